The number of carbonyl (C=O) groups is 2. The zero-order chi connectivity index (χ0) is 19.4. The molecule has 2 rings (SSSR count). The predicted molar refractivity (Wildman–Crippen MR) is 110 cm³/mol. The molecule has 0 fully saturated rings. The Morgan fingerprint density at radius 2 is 2.12 bits per heavy atom. The highest BCUT2D eigenvalue weighted by Gasteiger charge is 2.21. The van der Waals surface area contributed by atoms with Crippen LogP contribution in [-0.2, 0) is 4.79 Å². The van der Waals surface area contributed by atoms with Crippen molar-refractivity contribution in [2.45, 2.75) is 6.92 Å². The van der Waals surface area contributed by atoms with Crippen LogP contribution in [0.4, 0.5) is 10.1 Å². The normalized spacial score (nSPS) is 11.7. The number of ketones is 1. The van der Waals surface area contributed by atoms with Gasteiger partial charge in [-0.05, 0) is 38.4 Å². The summed E-state index contributed by atoms with van der Waals surface area (Å²) < 4.78 is 15.8. The number of hydrogen-bond donors (Lipinski definition) is 1. The lowest BCUT2D eigenvalue weighted by molar-refractivity contribution is -0.114. The molecular formula is C17H16FIN4O2S. The maximum absolute atomic E-state index is 14.2. The molecule has 26 heavy (non-hydrogen) atoms. The van der Waals surface area contributed by atoms with Gasteiger partial charge in [0.1, 0.15) is 17.6 Å². The van der Waals surface area contributed by atoms with E-state index in [1.165, 1.54) is 28.2 Å². The highest BCUT2D eigenvalue weighted by Crippen LogP contribution is 2.33. The monoisotopic (exact) mass is 486 g/mol. The lowest BCUT2D eigenvalue weighted by atomic mass is 10.1. The van der Waals surface area contributed by atoms with E-state index < -0.39 is 17.5 Å². The molecular weight excluding hydrogens is 470 g/mol. The third-order valence-electron chi connectivity index (χ3n) is 3.48. The molecule has 0 spiro atoms. The Kier molecular flexibility index (Phi) is 6.80. The average molecular weight is 486 g/mol. The van der Waals surface area contributed by atoms with Gasteiger partial charge in [-0.1, -0.05) is 0 Å². The molecule has 0 atom stereocenters. The van der Waals surface area contributed by atoms with Crippen molar-refractivity contribution in [1.29, 1.82) is 5.26 Å². The van der Waals surface area contributed by atoms with Gasteiger partial charge in [0.2, 0.25) is 11.7 Å². The molecule has 0 unspecified atom stereocenters. The topological polar surface area (TPSA) is 78.1 Å². The van der Waals surface area contributed by atoms with Crippen LogP contribution < -0.4 is 5.32 Å². The number of rotatable bonds is 6. The molecule has 0 bridgehead atoms. The van der Waals surface area contributed by atoms with Crippen molar-refractivity contribution in [2.24, 2.45) is 0 Å². The van der Waals surface area contributed by atoms with Crippen LogP contribution >= 0.6 is 30.3 Å². The number of aromatic nitrogens is 1. The highest BCUT2D eigenvalue weighted by molar-refractivity contribution is 14.2. The van der Waals surface area contributed by atoms with Crippen molar-refractivity contribution in [2.75, 3.05) is 26.0 Å². The molecule has 2 aromatic rings. The Bertz CT molecular complexity index is 946. The van der Waals surface area contributed by atoms with Gasteiger partial charge in [0.15, 0.2) is 0 Å². The van der Waals surface area contributed by atoms with Crippen molar-refractivity contribution in [3.8, 4) is 6.07 Å². The van der Waals surface area contributed by atoms with Gasteiger partial charge in [0.05, 0.1) is 16.8 Å². The number of nitriles is 1. The summed E-state index contributed by atoms with van der Waals surface area (Å²) in [5, 5.41) is 12.3. The van der Waals surface area contributed by atoms with Gasteiger partial charge < -0.3 is 10.2 Å². The summed E-state index contributed by atoms with van der Waals surface area (Å²) >= 11 is 2.01. The van der Waals surface area contributed by atoms with Crippen LogP contribution in [0.5, 0.6) is 0 Å². The van der Waals surface area contributed by atoms with E-state index in [0.717, 1.165) is 0 Å². The van der Waals surface area contributed by atoms with E-state index in [1.54, 1.807) is 16.1 Å². The van der Waals surface area contributed by atoms with Gasteiger partial charge in [0.25, 0.3) is 0 Å². The summed E-state index contributed by atoms with van der Waals surface area (Å²) in [6.07, 6.45) is 1.56. The summed E-state index contributed by atoms with van der Waals surface area (Å²) in [5.74, 6) is -1.42. The summed E-state index contributed by atoms with van der Waals surface area (Å²) in [6.45, 7) is 1.74. The van der Waals surface area contributed by atoms with Gasteiger partial charge in [-0.15, -0.1) is 0 Å². The molecule has 136 valence electrons. The second-order valence-electron chi connectivity index (χ2n) is 5.79. The number of Topliss-reactive ketones (excluding diaryl/α,β-unsaturated/α-hetero) is 1. The number of fused-ring (bicyclic) bond motifs is 1. The Hall–Kier alpha value is -1.90. The van der Waals surface area contributed by atoms with E-state index in [2.05, 4.69) is 5.32 Å². The molecule has 1 heterocycles. The maximum Gasteiger partial charge on any atom is 0.221 e. The van der Waals surface area contributed by atoms with Crippen LogP contribution in [0.3, 0.4) is 0 Å². The van der Waals surface area contributed by atoms with E-state index in [4.69, 9.17) is 0 Å². The van der Waals surface area contributed by atoms with Crippen molar-refractivity contribution < 1.29 is 14.0 Å². The molecule has 0 radical (unpaired) electrons. The van der Waals surface area contributed by atoms with Crippen molar-refractivity contribution >= 4 is 58.6 Å². The number of likely N-dealkylation sites (N-methyl/N-ethyl adjacent to an activating group) is 1. The fourth-order valence-electron chi connectivity index (χ4n) is 2.32. The number of benzene rings is 1. The molecule has 1 aromatic heterocycles. The summed E-state index contributed by atoms with van der Waals surface area (Å²) in [6, 6.07) is 6.21. The molecule has 0 aliphatic carbocycles. The Morgan fingerprint density at radius 3 is 2.65 bits per heavy atom. The van der Waals surface area contributed by atoms with E-state index in [1.807, 2.05) is 46.3 Å². The van der Waals surface area contributed by atoms with E-state index in [-0.39, 0.29) is 17.0 Å². The summed E-state index contributed by atoms with van der Waals surface area (Å²) in [4.78, 5) is 25.8. The average Bonchev–Trinajstić information content (AvgIpc) is 2.92. The van der Waals surface area contributed by atoms with Gasteiger partial charge in [-0.25, -0.2) is 4.39 Å². The van der Waals surface area contributed by atoms with Crippen molar-refractivity contribution in [1.82, 2.24) is 8.87 Å². The number of nitrogens with one attached hydrogen (secondary N) is 1. The Labute approximate surface area is 166 Å². The van der Waals surface area contributed by atoms with E-state index in [0.29, 0.717) is 17.4 Å². The first-order valence-corrected chi connectivity index (χ1v) is 10.8. The first kappa shape index (κ1) is 20.4. The summed E-state index contributed by atoms with van der Waals surface area (Å²) in [5.41, 5.74) is 0.904. The number of allylic oxidation sites excluding steroid dienone is 1. The number of halogens is 2. The largest absolute Gasteiger partial charge is 0.324 e. The number of amides is 1. The second kappa shape index (κ2) is 8.66. The zero-order valence-electron chi connectivity index (χ0n) is 14.3. The Balaban J connectivity index is 2.57. The van der Waals surface area contributed by atoms with Crippen LogP contribution in [-0.4, -0.2) is 41.2 Å². The fraction of sp³-hybridized carbons (Fsp3) is 0.235. The first-order valence-electron chi connectivity index (χ1n) is 7.49. The van der Waals surface area contributed by atoms with Gasteiger partial charge in [-0.3, -0.25) is 13.6 Å². The van der Waals surface area contributed by atoms with E-state index in [9.17, 15) is 19.2 Å². The molecule has 0 saturated heterocycles. The molecule has 9 heteroatoms. The molecule has 1 amide bonds. The molecule has 6 nitrogen and oxygen atoms in total. The highest BCUT2D eigenvalue weighted by atomic mass is 127. The van der Waals surface area contributed by atoms with Crippen LogP contribution in [0.2, 0.25) is 0 Å². The van der Waals surface area contributed by atoms with Gasteiger partial charge in [-0.2, -0.15) is 5.26 Å². The third-order valence-corrected chi connectivity index (χ3v) is 5.20. The first-order chi connectivity index (χ1) is 12.3. The number of carbonyl (C=O) groups excluding carboxylic acids is 2. The lowest BCUT2D eigenvalue weighted by Gasteiger charge is -2.08. The van der Waals surface area contributed by atoms with Crippen LogP contribution in [0.15, 0.2) is 29.8 Å². The number of hydrogen-bond acceptors (Lipinski definition) is 5. The molecule has 0 saturated carbocycles. The zero-order valence-corrected chi connectivity index (χ0v) is 17.3. The molecule has 0 aliphatic heterocycles. The van der Waals surface area contributed by atoms with Crippen LogP contribution in [0.25, 0.3) is 10.9 Å². The number of nitrogens with zero attached hydrogens (tertiary/aromatic N) is 3. The second-order valence-corrected chi connectivity index (χ2v) is 7.47. The van der Waals surface area contributed by atoms with Crippen LogP contribution in [0, 0.1) is 17.1 Å². The lowest BCUT2D eigenvalue weighted by Crippen LogP contribution is -2.13. The minimum Gasteiger partial charge on any atom is -0.324 e. The van der Waals surface area contributed by atoms with Crippen molar-refractivity contribution in [3.05, 3.63) is 41.4 Å². The third kappa shape index (κ3) is 4.44. The SMILES string of the molecule is CC(=O)Nc1cc2c(cc1F)cc(C(=O)/C(C#N)=C/CN(C)C)n2SI. The Morgan fingerprint density at radius 1 is 1.42 bits per heavy atom. The summed E-state index contributed by atoms with van der Waals surface area (Å²) in [7, 11) is 4.90. The van der Waals surface area contributed by atoms with Crippen LogP contribution in [0.1, 0.15) is 17.4 Å². The standard InChI is InChI=1S/C17H16FIN4O2S/c1-10(24)21-14-8-15-12(6-13(14)18)7-16(23(15)26-19)17(25)11(9-20)4-5-22(2)3/h4,6-8H,5H2,1-3H3,(H,21,24)/b11-4+. The molecule has 1 aromatic carbocycles. The fourth-order valence-corrected chi connectivity index (χ4v) is 4.04. The predicted octanol–water partition coefficient (Wildman–Crippen LogP) is 3.78. The maximum atomic E-state index is 14.2. The van der Waals surface area contributed by atoms with Gasteiger partial charge >= 0.3 is 0 Å². The molecule has 0 aliphatic rings. The quantitative estimate of drug-likeness (QED) is 0.291. The number of anilines is 1. The smallest absolute Gasteiger partial charge is 0.221 e. The minimum atomic E-state index is -0.592. The van der Waals surface area contributed by atoms with Gasteiger partial charge in [0, 0.05) is 49.2 Å². The molecule has 1 N–H and O–H groups in total. The van der Waals surface area contributed by atoms with Crippen molar-refractivity contribution in [3.63, 3.8) is 0 Å². The minimum absolute atomic E-state index is 0.0239. The van der Waals surface area contributed by atoms with E-state index >= 15 is 0 Å².